The molecule has 0 N–H and O–H groups in total. The van der Waals surface area contributed by atoms with Gasteiger partial charge in [-0.05, 0) is 99.4 Å². The summed E-state index contributed by atoms with van der Waals surface area (Å²) in [5.74, 6) is 0.369. The molecule has 2 nitrogen and oxygen atoms in total. The van der Waals surface area contributed by atoms with E-state index in [0.29, 0.717) is 0 Å². The van der Waals surface area contributed by atoms with Gasteiger partial charge >= 0.3 is 0 Å². The van der Waals surface area contributed by atoms with Crippen LogP contribution in [0.3, 0.4) is 0 Å². The maximum atomic E-state index is 5.17. The van der Waals surface area contributed by atoms with Crippen molar-refractivity contribution < 1.29 is 0 Å². The lowest BCUT2D eigenvalue weighted by Gasteiger charge is -2.37. The van der Waals surface area contributed by atoms with E-state index >= 15 is 0 Å². The van der Waals surface area contributed by atoms with Crippen molar-refractivity contribution in [3.63, 3.8) is 0 Å². The second-order valence-corrected chi connectivity index (χ2v) is 16.0. The molecular weight excluding hydrogens is 629 g/mol. The van der Waals surface area contributed by atoms with E-state index in [1.807, 2.05) is 0 Å². The van der Waals surface area contributed by atoms with E-state index in [4.69, 9.17) is 25.3 Å². The second-order valence-electron chi connectivity index (χ2n) is 13.5. The summed E-state index contributed by atoms with van der Waals surface area (Å²) in [6.45, 7) is 6.41. The topological polar surface area (TPSA) is 6.48 Å². The van der Waals surface area contributed by atoms with Crippen LogP contribution in [0.15, 0.2) is 107 Å². The molecule has 0 bridgehead atoms. The fraction of sp³-hybridized carbons (Fsp3) is 0.429. The van der Waals surface area contributed by atoms with Gasteiger partial charge in [-0.1, -0.05) is 112 Å². The number of rotatable bonds is 18. The molecule has 0 saturated heterocycles. The first kappa shape index (κ1) is 37.7. The maximum Gasteiger partial charge on any atom is 0.0288 e. The minimum Gasteiger partial charge on any atom is -0.308 e. The van der Waals surface area contributed by atoms with Gasteiger partial charge in [0.05, 0.1) is 0 Å². The number of thiol groups is 2. The van der Waals surface area contributed by atoms with E-state index in [2.05, 4.69) is 161 Å². The van der Waals surface area contributed by atoms with Crippen molar-refractivity contribution in [2.24, 2.45) is 0 Å². The molecule has 4 rings (SSSR count). The number of hydrogen-bond donors (Lipinski definition) is 2. The Morgan fingerprint density at radius 1 is 0.553 bits per heavy atom. The molecule has 4 unspecified atom stereocenters. The van der Waals surface area contributed by atoms with E-state index in [1.54, 1.807) is 0 Å². The Bertz CT molecular complexity index is 1380. The third-order valence-electron chi connectivity index (χ3n) is 9.00. The van der Waals surface area contributed by atoms with Crippen LogP contribution in [0, 0.1) is 0 Å². The summed E-state index contributed by atoms with van der Waals surface area (Å²) >= 11 is 12.5. The second kappa shape index (κ2) is 19.1. The van der Waals surface area contributed by atoms with Gasteiger partial charge in [-0.15, -0.1) is 25.3 Å². The molecule has 0 amide bonds. The first-order valence-corrected chi connectivity index (χ1v) is 19.2. The molecule has 4 aromatic rings. The number of aryl methyl sites for hydroxylation is 2. The molecule has 0 aromatic heterocycles. The van der Waals surface area contributed by atoms with Crippen molar-refractivity contribution in [1.29, 1.82) is 0 Å². The summed E-state index contributed by atoms with van der Waals surface area (Å²) < 4.78 is 0. The van der Waals surface area contributed by atoms with E-state index in [-0.39, 0.29) is 22.3 Å². The SMILES string of the molecule is CCCCc1ccc(C(c2ccccc2)C(CN(C)C)SC(CN(C)C)C(c2ccccc2)c2ccc(CCCC)cc2S)c(S)c1. The summed E-state index contributed by atoms with van der Waals surface area (Å²) in [4.78, 5) is 6.91. The molecule has 0 aliphatic rings. The van der Waals surface area contributed by atoms with Crippen LogP contribution >= 0.6 is 37.0 Å². The Balaban J connectivity index is 1.84. The third kappa shape index (κ3) is 10.9. The Labute approximate surface area is 301 Å². The van der Waals surface area contributed by atoms with Crippen LogP contribution in [0.2, 0.25) is 0 Å². The van der Waals surface area contributed by atoms with Crippen LogP contribution in [-0.4, -0.2) is 61.6 Å². The van der Waals surface area contributed by atoms with Gasteiger partial charge in [-0.25, -0.2) is 0 Å². The van der Waals surface area contributed by atoms with Crippen LogP contribution < -0.4 is 0 Å². The largest absolute Gasteiger partial charge is 0.308 e. The number of thioether (sulfide) groups is 1. The number of hydrogen-bond acceptors (Lipinski definition) is 5. The summed E-state index contributed by atoms with van der Waals surface area (Å²) in [5.41, 5.74) is 8.07. The van der Waals surface area contributed by atoms with Crippen molar-refractivity contribution in [2.75, 3.05) is 41.3 Å². The van der Waals surface area contributed by atoms with E-state index < -0.39 is 0 Å². The van der Waals surface area contributed by atoms with Gasteiger partial charge in [0, 0.05) is 45.2 Å². The minimum atomic E-state index is 0.185. The Morgan fingerprint density at radius 3 is 1.26 bits per heavy atom. The van der Waals surface area contributed by atoms with Crippen LogP contribution in [-0.2, 0) is 12.8 Å². The first-order valence-electron chi connectivity index (χ1n) is 17.4. The summed E-state index contributed by atoms with van der Waals surface area (Å²) in [5, 5.41) is 0.561. The highest BCUT2D eigenvalue weighted by molar-refractivity contribution is 8.00. The number of nitrogens with zero attached hydrogens (tertiary/aromatic N) is 2. The van der Waals surface area contributed by atoms with Crippen LogP contribution in [0.1, 0.15) is 84.7 Å². The molecule has 252 valence electrons. The van der Waals surface area contributed by atoms with Crippen molar-refractivity contribution in [3.8, 4) is 0 Å². The highest BCUT2D eigenvalue weighted by Gasteiger charge is 2.35. The average molecular weight is 685 g/mol. The van der Waals surface area contributed by atoms with Crippen LogP contribution in [0.4, 0.5) is 0 Å². The van der Waals surface area contributed by atoms with Crippen molar-refractivity contribution in [1.82, 2.24) is 9.80 Å². The molecule has 0 aliphatic heterocycles. The molecule has 0 radical (unpaired) electrons. The van der Waals surface area contributed by atoms with Crippen LogP contribution in [0.25, 0.3) is 0 Å². The van der Waals surface area contributed by atoms with Gasteiger partial charge in [0.25, 0.3) is 0 Å². The molecule has 5 heteroatoms. The molecule has 0 saturated carbocycles. The third-order valence-corrected chi connectivity index (χ3v) is 11.3. The van der Waals surface area contributed by atoms with Gasteiger partial charge < -0.3 is 9.80 Å². The van der Waals surface area contributed by atoms with Crippen molar-refractivity contribution in [2.45, 2.75) is 84.5 Å². The van der Waals surface area contributed by atoms with Crippen LogP contribution in [0.5, 0.6) is 0 Å². The highest BCUT2D eigenvalue weighted by Crippen LogP contribution is 2.45. The molecule has 4 aromatic carbocycles. The predicted octanol–water partition coefficient (Wildman–Crippen LogP) is 10.5. The number of benzene rings is 4. The molecule has 4 atom stereocenters. The molecular formula is C42H56N2S3. The van der Waals surface area contributed by atoms with E-state index in [0.717, 1.165) is 35.7 Å². The van der Waals surface area contributed by atoms with Gasteiger partial charge in [0.1, 0.15) is 0 Å². The quantitative estimate of drug-likeness (QED) is 0.101. The fourth-order valence-electron chi connectivity index (χ4n) is 6.69. The molecule has 0 fully saturated rings. The smallest absolute Gasteiger partial charge is 0.0288 e. The zero-order valence-corrected chi connectivity index (χ0v) is 32.0. The summed E-state index contributed by atoms with van der Waals surface area (Å²) in [7, 11) is 8.84. The molecule has 0 aliphatic carbocycles. The average Bonchev–Trinajstić information content (AvgIpc) is 3.05. The maximum absolute atomic E-state index is 5.17. The number of unbranched alkanes of at least 4 members (excludes halogenated alkanes) is 2. The van der Waals surface area contributed by atoms with Crippen molar-refractivity contribution >= 4 is 37.0 Å². The first-order chi connectivity index (χ1) is 22.7. The minimum absolute atomic E-state index is 0.185. The van der Waals surface area contributed by atoms with Gasteiger partial charge in [-0.2, -0.15) is 11.8 Å². The summed E-state index contributed by atoms with van der Waals surface area (Å²) in [6, 6.07) is 36.3. The van der Waals surface area contributed by atoms with E-state index in [9.17, 15) is 0 Å². The Hall–Kier alpha value is -2.15. The lowest BCUT2D eigenvalue weighted by Crippen LogP contribution is -2.36. The normalized spacial score (nSPS) is 14.3. The fourth-order valence-corrected chi connectivity index (χ4v) is 9.58. The molecule has 47 heavy (non-hydrogen) atoms. The summed E-state index contributed by atoms with van der Waals surface area (Å²) in [6.07, 6.45) is 7.00. The lowest BCUT2D eigenvalue weighted by atomic mass is 9.86. The van der Waals surface area contributed by atoms with Gasteiger partial charge in [-0.3, -0.25) is 0 Å². The zero-order valence-electron chi connectivity index (χ0n) is 29.4. The Morgan fingerprint density at radius 2 is 0.936 bits per heavy atom. The monoisotopic (exact) mass is 684 g/mol. The van der Waals surface area contributed by atoms with Crippen molar-refractivity contribution in [3.05, 3.63) is 130 Å². The standard InChI is InChI=1S/C42H56N2S3/c1-7-9-17-31-23-25-35(37(45)27-31)41(33-19-13-11-14-20-33)39(29-43(3)4)47-40(30-44(5)6)42(34-21-15-12-16-22-34)36-26-24-32(18-10-8-2)28-38(36)46/h11-16,19-28,39-42,45-46H,7-10,17-18,29-30H2,1-6H3. The van der Waals surface area contributed by atoms with Gasteiger partial charge in [0.15, 0.2) is 0 Å². The predicted molar refractivity (Wildman–Crippen MR) is 213 cm³/mol. The Kier molecular flexibility index (Phi) is 15.3. The zero-order chi connectivity index (χ0) is 33.8. The molecule has 0 heterocycles. The van der Waals surface area contributed by atoms with E-state index in [1.165, 1.54) is 59.1 Å². The lowest BCUT2D eigenvalue weighted by molar-refractivity contribution is 0.385. The molecule has 0 spiro atoms. The highest BCUT2D eigenvalue weighted by atomic mass is 32.2. The van der Waals surface area contributed by atoms with Gasteiger partial charge in [0.2, 0.25) is 0 Å².